The van der Waals surface area contributed by atoms with Gasteiger partial charge in [-0.3, -0.25) is 0 Å². The van der Waals surface area contributed by atoms with Crippen molar-refractivity contribution in [3.05, 3.63) is 47.5 Å². The average Bonchev–Trinajstić information content (AvgIpc) is 2.61. The molecule has 0 aliphatic heterocycles. The van der Waals surface area contributed by atoms with Crippen LogP contribution in [0.3, 0.4) is 0 Å². The summed E-state index contributed by atoms with van der Waals surface area (Å²) >= 11 is -1.15. The Balaban J connectivity index is 2.41. The second-order valence-corrected chi connectivity index (χ2v) is 5.26. The predicted molar refractivity (Wildman–Crippen MR) is 55.8 cm³/mol. The molecule has 0 spiro atoms. The SMILES string of the molecule is [NH]=[Ni](=[NH])[CH]1Cc2cccc3cccc1c23. The van der Waals surface area contributed by atoms with Crippen molar-refractivity contribution in [3.63, 3.8) is 0 Å². The molecule has 3 heteroatoms. The molecule has 1 unspecified atom stereocenters. The first-order chi connectivity index (χ1) is 7.27. The van der Waals surface area contributed by atoms with Gasteiger partial charge in [-0.15, -0.1) is 0 Å². The normalized spacial score (nSPS) is 19.5. The fourth-order valence-electron chi connectivity index (χ4n) is 2.32. The number of benzene rings is 2. The third-order valence-corrected chi connectivity index (χ3v) is 4.15. The van der Waals surface area contributed by atoms with Crippen LogP contribution >= 0.6 is 0 Å². The van der Waals surface area contributed by atoms with Crippen LogP contribution in [0.5, 0.6) is 0 Å². The molecule has 0 heterocycles. The summed E-state index contributed by atoms with van der Waals surface area (Å²) in [6.07, 6.45) is 0.874. The van der Waals surface area contributed by atoms with Crippen molar-refractivity contribution in [3.8, 4) is 0 Å². The standard InChI is InChI=1S/C12H9.2HN.Ni/c1-3-9-4-2-6-11-8-7-10(5-1)12(9)11;;;/h1-7H,8H2;2*1H;. The Morgan fingerprint density at radius 2 is 1.80 bits per heavy atom. The Morgan fingerprint density at radius 3 is 2.53 bits per heavy atom. The molecule has 3 rings (SSSR count). The number of hydrogen-bond acceptors (Lipinski definition) is 2. The van der Waals surface area contributed by atoms with Crippen LogP contribution in [0.1, 0.15) is 16.0 Å². The van der Waals surface area contributed by atoms with E-state index in [2.05, 4.69) is 30.3 Å². The Kier molecular flexibility index (Phi) is 1.90. The van der Waals surface area contributed by atoms with Crippen LogP contribution in [-0.4, -0.2) is 0 Å². The molecule has 0 bridgehead atoms. The van der Waals surface area contributed by atoms with E-state index in [0.717, 1.165) is 6.42 Å². The fourth-order valence-corrected chi connectivity index (χ4v) is 3.28. The molecule has 2 aromatic carbocycles. The van der Waals surface area contributed by atoms with Crippen LogP contribution in [0.25, 0.3) is 10.8 Å². The molecule has 2 aromatic rings. The summed E-state index contributed by atoms with van der Waals surface area (Å²) in [7, 11) is 0. The van der Waals surface area contributed by atoms with E-state index in [1.165, 1.54) is 21.9 Å². The zero-order valence-electron chi connectivity index (χ0n) is 8.06. The van der Waals surface area contributed by atoms with Gasteiger partial charge in [0.25, 0.3) is 0 Å². The van der Waals surface area contributed by atoms with E-state index in [9.17, 15) is 0 Å². The van der Waals surface area contributed by atoms with Gasteiger partial charge < -0.3 is 0 Å². The monoisotopic (exact) mass is 241 g/mol. The van der Waals surface area contributed by atoms with Gasteiger partial charge in [-0.2, -0.15) is 0 Å². The first-order valence-corrected chi connectivity index (χ1v) is 6.35. The first-order valence-electron chi connectivity index (χ1n) is 4.79. The minimum atomic E-state index is -1.15. The Labute approximate surface area is 91.7 Å². The average molecular weight is 242 g/mol. The maximum atomic E-state index is 7.62. The Hall–Kier alpha value is -1.21. The maximum absolute atomic E-state index is 7.62. The second kappa shape index (κ2) is 3.14. The van der Waals surface area contributed by atoms with Gasteiger partial charge in [0.05, 0.1) is 0 Å². The number of rotatable bonds is 1. The van der Waals surface area contributed by atoms with Crippen molar-refractivity contribution in [2.75, 3.05) is 0 Å². The van der Waals surface area contributed by atoms with Crippen molar-refractivity contribution in [1.82, 2.24) is 0 Å². The summed E-state index contributed by atoms with van der Waals surface area (Å²) in [5.74, 6) is 0. The molecular formula is C12H11N2Ni. The zero-order valence-corrected chi connectivity index (χ0v) is 9.05. The predicted octanol–water partition coefficient (Wildman–Crippen LogP) is 3.58. The summed E-state index contributed by atoms with van der Waals surface area (Å²) < 4.78 is 15.2. The third-order valence-electron chi connectivity index (χ3n) is 2.95. The zero-order chi connectivity index (χ0) is 10.4. The summed E-state index contributed by atoms with van der Waals surface area (Å²) in [5.41, 5.74) is 2.52. The van der Waals surface area contributed by atoms with Gasteiger partial charge in [-0.05, 0) is 0 Å². The molecular weight excluding hydrogens is 231 g/mol. The summed E-state index contributed by atoms with van der Waals surface area (Å²) in [4.78, 5) is 0.103. The molecule has 15 heavy (non-hydrogen) atoms. The number of hydrogen-bond donors (Lipinski definition) is 2. The first kappa shape index (κ1) is 9.05. The van der Waals surface area contributed by atoms with E-state index in [4.69, 9.17) is 8.89 Å². The van der Waals surface area contributed by atoms with E-state index >= 15 is 0 Å². The topological polar surface area (TPSA) is 47.7 Å². The molecule has 1 atom stereocenters. The summed E-state index contributed by atoms with van der Waals surface area (Å²) in [5, 5.41) is 2.55. The van der Waals surface area contributed by atoms with Gasteiger partial charge in [-0.1, -0.05) is 0 Å². The summed E-state index contributed by atoms with van der Waals surface area (Å²) in [6.45, 7) is 0. The van der Waals surface area contributed by atoms with Crippen LogP contribution in [0.4, 0.5) is 0 Å². The van der Waals surface area contributed by atoms with Crippen molar-refractivity contribution in [2.24, 2.45) is 0 Å². The van der Waals surface area contributed by atoms with Crippen LogP contribution < -0.4 is 0 Å². The van der Waals surface area contributed by atoms with Crippen molar-refractivity contribution < 1.29 is 13.0 Å². The molecule has 79 valence electrons. The van der Waals surface area contributed by atoms with Crippen molar-refractivity contribution >= 4 is 10.8 Å². The second-order valence-electron chi connectivity index (χ2n) is 3.75. The molecule has 2 N–H and O–H groups in total. The van der Waals surface area contributed by atoms with Gasteiger partial charge in [-0.25, -0.2) is 0 Å². The minimum absolute atomic E-state index is 0.103. The van der Waals surface area contributed by atoms with Gasteiger partial charge in [0, 0.05) is 0 Å². The molecule has 0 saturated heterocycles. The number of nitrogens with one attached hydrogen (secondary N) is 2. The van der Waals surface area contributed by atoms with E-state index in [-0.39, 0.29) is 4.89 Å². The molecule has 2 nitrogen and oxygen atoms in total. The molecule has 1 aliphatic rings. The quantitative estimate of drug-likeness (QED) is 0.718. The van der Waals surface area contributed by atoms with E-state index in [0.29, 0.717) is 0 Å². The van der Waals surface area contributed by atoms with E-state index < -0.39 is 13.0 Å². The van der Waals surface area contributed by atoms with Crippen LogP contribution in [0.15, 0.2) is 36.4 Å². The summed E-state index contributed by atoms with van der Waals surface area (Å²) in [6, 6.07) is 12.5. The van der Waals surface area contributed by atoms with Crippen molar-refractivity contribution in [2.45, 2.75) is 11.3 Å². The van der Waals surface area contributed by atoms with Crippen LogP contribution in [-0.2, 0) is 19.4 Å². The van der Waals surface area contributed by atoms with Crippen LogP contribution in [0.2, 0.25) is 0 Å². The molecule has 1 aliphatic carbocycles. The fraction of sp³-hybridized carbons (Fsp3) is 0.167. The molecule has 0 saturated carbocycles. The Morgan fingerprint density at radius 1 is 1.07 bits per heavy atom. The van der Waals surface area contributed by atoms with Gasteiger partial charge in [0.1, 0.15) is 0 Å². The molecule has 0 fully saturated rings. The van der Waals surface area contributed by atoms with Gasteiger partial charge >= 0.3 is 91.5 Å². The van der Waals surface area contributed by atoms with E-state index in [1.54, 1.807) is 0 Å². The van der Waals surface area contributed by atoms with Gasteiger partial charge in [0.2, 0.25) is 0 Å². The third kappa shape index (κ3) is 1.23. The molecule has 0 amide bonds. The van der Waals surface area contributed by atoms with Gasteiger partial charge in [0.15, 0.2) is 0 Å². The van der Waals surface area contributed by atoms with Crippen LogP contribution in [0, 0.1) is 8.89 Å². The molecule has 0 radical (unpaired) electrons. The van der Waals surface area contributed by atoms with E-state index in [1.807, 2.05) is 6.07 Å². The Bertz CT molecular complexity index is 601. The molecule has 0 aromatic heterocycles. The van der Waals surface area contributed by atoms with Crippen molar-refractivity contribution in [1.29, 1.82) is 8.89 Å².